The average Bonchev–Trinajstić information content (AvgIpc) is 3.52. The summed E-state index contributed by atoms with van der Waals surface area (Å²) in [5.41, 5.74) is 0.755. The predicted molar refractivity (Wildman–Crippen MR) is 109 cm³/mol. The van der Waals surface area contributed by atoms with Gasteiger partial charge in [-0.05, 0) is 43.0 Å². The van der Waals surface area contributed by atoms with Crippen LogP contribution in [0.25, 0.3) is 5.57 Å². The highest BCUT2D eigenvalue weighted by Gasteiger charge is 2.38. The Morgan fingerprint density at radius 2 is 2.00 bits per heavy atom. The zero-order chi connectivity index (χ0) is 21.9. The highest BCUT2D eigenvalue weighted by atomic mass is 35.5. The lowest BCUT2D eigenvalue weighted by atomic mass is 9.99. The first-order valence-electron chi connectivity index (χ1n) is 9.01. The number of nitrogens with one attached hydrogen (secondary N) is 1. The molecule has 0 bridgehead atoms. The molecule has 1 aliphatic rings. The molecule has 1 fully saturated rings. The van der Waals surface area contributed by atoms with Gasteiger partial charge in [0.15, 0.2) is 11.4 Å². The lowest BCUT2D eigenvalue weighted by Crippen LogP contribution is -2.35. The predicted octanol–water partition coefficient (Wildman–Crippen LogP) is 5.31. The number of carbonyl (C=O) groups is 1. The molecule has 1 atom stereocenters. The lowest BCUT2D eigenvalue weighted by Gasteiger charge is -2.19. The van der Waals surface area contributed by atoms with Gasteiger partial charge in [0.25, 0.3) is 5.91 Å². The van der Waals surface area contributed by atoms with E-state index in [1.54, 1.807) is 25.1 Å². The number of rotatable bonds is 4. The molecule has 0 radical (unpaired) electrons. The molecule has 1 saturated carbocycles. The molecule has 156 valence electrons. The van der Waals surface area contributed by atoms with Crippen LogP contribution in [-0.4, -0.2) is 21.9 Å². The summed E-state index contributed by atoms with van der Waals surface area (Å²) in [6, 6.07) is 4.42. The summed E-state index contributed by atoms with van der Waals surface area (Å²) in [7, 11) is 0. The minimum atomic E-state index is -4.81. The van der Waals surface area contributed by atoms with Crippen molar-refractivity contribution in [2.45, 2.75) is 32.0 Å². The van der Waals surface area contributed by atoms with Crippen LogP contribution in [0.4, 0.5) is 13.2 Å². The van der Waals surface area contributed by atoms with Gasteiger partial charge in [-0.2, -0.15) is 13.2 Å². The molecular weight excluding hydrogens is 438 g/mol. The van der Waals surface area contributed by atoms with Crippen LogP contribution in [0, 0.1) is 17.8 Å². The second-order valence-electron chi connectivity index (χ2n) is 6.75. The second kappa shape index (κ2) is 9.07. The molecule has 1 unspecified atom stereocenters. The number of aromatic nitrogens is 2. The lowest BCUT2D eigenvalue weighted by molar-refractivity contribution is -0.141. The SMILES string of the molecule is CC(NC(=O)c1nccnc1C(F)(F)F)C(=CCl)c1ccc(C#CC2CC2)cc1Cl. The molecule has 1 aromatic heterocycles. The van der Waals surface area contributed by atoms with E-state index < -0.39 is 29.5 Å². The maximum absolute atomic E-state index is 13.1. The van der Waals surface area contributed by atoms with Gasteiger partial charge in [-0.1, -0.05) is 41.1 Å². The van der Waals surface area contributed by atoms with Crippen LogP contribution < -0.4 is 5.32 Å². The number of nitrogens with zero attached hydrogens (tertiary/aromatic N) is 2. The molecule has 1 heterocycles. The van der Waals surface area contributed by atoms with E-state index in [4.69, 9.17) is 23.2 Å². The van der Waals surface area contributed by atoms with Gasteiger partial charge in [0.2, 0.25) is 0 Å². The summed E-state index contributed by atoms with van der Waals surface area (Å²) in [6.45, 7) is 1.58. The highest BCUT2D eigenvalue weighted by Crippen LogP contribution is 2.31. The van der Waals surface area contributed by atoms with Crippen LogP contribution in [0.5, 0.6) is 0 Å². The molecule has 1 amide bonds. The third-order valence-electron chi connectivity index (χ3n) is 4.39. The van der Waals surface area contributed by atoms with Crippen LogP contribution in [0.1, 0.15) is 47.1 Å². The van der Waals surface area contributed by atoms with E-state index in [1.807, 2.05) is 0 Å². The first-order valence-corrected chi connectivity index (χ1v) is 9.83. The van der Waals surface area contributed by atoms with Gasteiger partial charge in [-0.3, -0.25) is 4.79 Å². The molecule has 1 N–H and O–H groups in total. The zero-order valence-electron chi connectivity index (χ0n) is 15.7. The quantitative estimate of drug-likeness (QED) is 0.638. The van der Waals surface area contributed by atoms with E-state index in [2.05, 4.69) is 27.1 Å². The Morgan fingerprint density at radius 3 is 2.60 bits per heavy atom. The van der Waals surface area contributed by atoms with Gasteiger partial charge in [0.05, 0.1) is 6.04 Å². The highest BCUT2D eigenvalue weighted by molar-refractivity contribution is 6.34. The van der Waals surface area contributed by atoms with Crippen LogP contribution in [0.2, 0.25) is 5.02 Å². The van der Waals surface area contributed by atoms with Gasteiger partial charge in [0.1, 0.15) is 0 Å². The number of hydrogen-bond donors (Lipinski definition) is 1. The minimum absolute atomic E-state index is 0.362. The zero-order valence-corrected chi connectivity index (χ0v) is 17.2. The normalized spacial score (nSPS) is 15.2. The van der Waals surface area contributed by atoms with Crippen LogP contribution >= 0.6 is 23.2 Å². The van der Waals surface area contributed by atoms with Crippen molar-refractivity contribution in [2.75, 3.05) is 0 Å². The monoisotopic (exact) mass is 453 g/mol. The number of halogens is 5. The Kier molecular flexibility index (Phi) is 6.69. The van der Waals surface area contributed by atoms with Crippen molar-refractivity contribution >= 4 is 34.7 Å². The number of carbonyl (C=O) groups excluding carboxylic acids is 1. The first kappa shape index (κ1) is 22.1. The number of hydrogen-bond acceptors (Lipinski definition) is 3. The van der Waals surface area contributed by atoms with Crippen molar-refractivity contribution in [3.8, 4) is 11.8 Å². The van der Waals surface area contributed by atoms with Crippen molar-refractivity contribution in [1.29, 1.82) is 0 Å². The van der Waals surface area contributed by atoms with Crippen molar-refractivity contribution in [3.63, 3.8) is 0 Å². The Labute approximate surface area is 181 Å². The van der Waals surface area contributed by atoms with Crippen LogP contribution in [-0.2, 0) is 6.18 Å². The molecule has 2 aromatic rings. The van der Waals surface area contributed by atoms with E-state index in [-0.39, 0.29) is 0 Å². The first-order chi connectivity index (χ1) is 14.2. The third kappa shape index (κ3) is 5.32. The minimum Gasteiger partial charge on any atom is -0.344 e. The van der Waals surface area contributed by atoms with Gasteiger partial charge in [-0.15, -0.1) is 0 Å². The molecule has 0 aliphatic heterocycles. The molecule has 30 heavy (non-hydrogen) atoms. The van der Waals surface area contributed by atoms with E-state index in [0.29, 0.717) is 22.1 Å². The largest absolute Gasteiger partial charge is 0.435 e. The molecule has 0 spiro atoms. The molecular formula is C21H16Cl2F3N3O. The summed E-state index contributed by atoms with van der Waals surface area (Å²) >= 11 is 12.3. The summed E-state index contributed by atoms with van der Waals surface area (Å²) in [4.78, 5) is 19.2. The number of alkyl halides is 3. The summed E-state index contributed by atoms with van der Waals surface area (Å²) in [5, 5.41) is 2.83. The van der Waals surface area contributed by atoms with E-state index in [1.165, 1.54) is 5.54 Å². The van der Waals surface area contributed by atoms with E-state index in [0.717, 1.165) is 30.8 Å². The maximum atomic E-state index is 13.1. The summed E-state index contributed by atoms with van der Waals surface area (Å²) < 4.78 is 39.3. The molecule has 4 nitrogen and oxygen atoms in total. The fourth-order valence-electron chi connectivity index (χ4n) is 2.68. The van der Waals surface area contributed by atoms with Crippen molar-refractivity contribution < 1.29 is 18.0 Å². The van der Waals surface area contributed by atoms with Crippen LogP contribution in [0.15, 0.2) is 36.1 Å². The molecule has 3 rings (SSSR count). The van der Waals surface area contributed by atoms with Gasteiger partial charge >= 0.3 is 6.18 Å². The summed E-state index contributed by atoms with van der Waals surface area (Å²) in [6.07, 6.45) is -0.698. The standard InChI is InChI=1S/C21H16Cl2F3N3O/c1-12(29-20(30)18-19(21(24,25)26)28-9-8-27-18)16(11-22)15-7-6-14(10-17(15)23)5-4-13-2-3-13/h6-13H,2-3H2,1H3,(H,29,30). The Balaban J connectivity index is 1.80. The van der Waals surface area contributed by atoms with Gasteiger partial charge in [-0.25, -0.2) is 9.97 Å². The van der Waals surface area contributed by atoms with E-state index in [9.17, 15) is 18.0 Å². The topological polar surface area (TPSA) is 54.9 Å². The van der Waals surface area contributed by atoms with Crippen molar-refractivity contribution in [2.24, 2.45) is 5.92 Å². The van der Waals surface area contributed by atoms with Crippen molar-refractivity contribution in [1.82, 2.24) is 15.3 Å². The molecule has 0 saturated heterocycles. The number of benzene rings is 1. The Bertz CT molecular complexity index is 1050. The molecule has 1 aliphatic carbocycles. The van der Waals surface area contributed by atoms with Gasteiger partial charge < -0.3 is 5.32 Å². The molecule has 9 heteroatoms. The Hall–Kier alpha value is -2.56. The fraction of sp³-hybridized carbons (Fsp3) is 0.286. The van der Waals surface area contributed by atoms with Gasteiger partial charge in [0, 0.05) is 34.4 Å². The smallest absolute Gasteiger partial charge is 0.344 e. The Morgan fingerprint density at radius 1 is 1.30 bits per heavy atom. The molecule has 1 aromatic carbocycles. The van der Waals surface area contributed by atoms with Crippen LogP contribution in [0.3, 0.4) is 0 Å². The van der Waals surface area contributed by atoms with Crippen molar-refractivity contribution in [3.05, 3.63) is 63.7 Å². The maximum Gasteiger partial charge on any atom is 0.435 e. The third-order valence-corrected chi connectivity index (χ3v) is 4.94. The number of amides is 1. The second-order valence-corrected chi connectivity index (χ2v) is 7.37. The summed E-state index contributed by atoms with van der Waals surface area (Å²) in [5.74, 6) is 5.61. The van der Waals surface area contributed by atoms with E-state index >= 15 is 0 Å². The average molecular weight is 454 g/mol. The fourth-order valence-corrected chi connectivity index (χ4v) is 3.28.